The number of nitrogens with one attached hydrogen (secondary N) is 2. The average molecular weight is 240 g/mol. The first kappa shape index (κ1) is 12.8. The molecule has 0 aromatic carbocycles. The van der Waals surface area contributed by atoms with Gasteiger partial charge in [0.1, 0.15) is 6.61 Å². The Morgan fingerprint density at radius 2 is 2.06 bits per heavy atom. The van der Waals surface area contributed by atoms with Crippen LogP contribution in [-0.4, -0.2) is 38.3 Å². The van der Waals surface area contributed by atoms with Crippen LogP contribution in [0, 0.1) is 5.92 Å². The first-order valence-electron chi connectivity index (χ1n) is 6.93. The van der Waals surface area contributed by atoms with Gasteiger partial charge in [0, 0.05) is 6.54 Å². The molecule has 4 heteroatoms. The minimum absolute atomic E-state index is 0.0440. The van der Waals surface area contributed by atoms with Gasteiger partial charge in [-0.15, -0.1) is 0 Å². The predicted molar refractivity (Wildman–Crippen MR) is 66.8 cm³/mol. The molecule has 1 aliphatic heterocycles. The SMILES string of the molecule is O=C(COC1CCCCC1)NC[C@@H]1CCNC1. The summed E-state index contributed by atoms with van der Waals surface area (Å²) in [6.45, 7) is 3.15. The molecule has 0 radical (unpaired) electrons. The van der Waals surface area contributed by atoms with Crippen LogP contribution < -0.4 is 10.6 Å². The highest BCUT2D eigenvalue weighted by Crippen LogP contribution is 2.19. The highest BCUT2D eigenvalue weighted by Gasteiger charge is 2.17. The van der Waals surface area contributed by atoms with Gasteiger partial charge >= 0.3 is 0 Å². The Morgan fingerprint density at radius 1 is 1.24 bits per heavy atom. The number of hydrogen-bond donors (Lipinski definition) is 2. The topological polar surface area (TPSA) is 50.4 Å². The molecule has 2 aliphatic rings. The van der Waals surface area contributed by atoms with E-state index in [1.165, 1.54) is 25.7 Å². The van der Waals surface area contributed by atoms with Gasteiger partial charge in [0.25, 0.3) is 0 Å². The summed E-state index contributed by atoms with van der Waals surface area (Å²) in [5, 5.41) is 6.26. The van der Waals surface area contributed by atoms with Gasteiger partial charge in [0.15, 0.2) is 0 Å². The molecule has 98 valence electrons. The average Bonchev–Trinajstić information content (AvgIpc) is 2.88. The molecule has 1 atom stereocenters. The van der Waals surface area contributed by atoms with Crippen LogP contribution in [-0.2, 0) is 9.53 Å². The summed E-state index contributed by atoms with van der Waals surface area (Å²) in [7, 11) is 0. The molecule has 2 fully saturated rings. The van der Waals surface area contributed by atoms with Crippen LogP contribution >= 0.6 is 0 Å². The molecule has 2 N–H and O–H groups in total. The van der Waals surface area contributed by atoms with E-state index in [0.29, 0.717) is 12.0 Å². The van der Waals surface area contributed by atoms with Crippen molar-refractivity contribution in [3.63, 3.8) is 0 Å². The molecular weight excluding hydrogens is 216 g/mol. The molecule has 0 aromatic heterocycles. The lowest BCUT2D eigenvalue weighted by Crippen LogP contribution is -2.34. The fraction of sp³-hybridized carbons (Fsp3) is 0.923. The van der Waals surface area contributed by atoms with E-state index in [9.17, 15) is 4.79 Å². The number of carbonyl (C=O) groups excluding carboxylic acids is 1. The molecule has 1 amide bonds. The minimum atomic E-state index is 0.0440. The second-order valence-corrected chi connectivity index (χ2v) is 5.23. The fourth-order valence-electron chi connectivity index (χ4n) is 2.62. The maximum Gasteiger partial charge on any atom is 0.246 e. The van der Waals surface area contributed by atoms with E-state index in [4.69, 9.17) is 4.74 Å². The first-order chi connectivity index (χ1) is 8.34. The first-order valence-corrected chi connectivity index (χ1v) is 6.93. The molecule has 1 aliphatic carbocycles. The minimum Gasteiger partial charge on any atom is -0.368 e. The molecular formula is C13H24N2O2. The van der Waals surface area contributed by atoms with Crippen LogP contribution in [0.3, 0.4) is 0 Å². The zero-order valence-electron chi connectivity index (χ0n) is 10.5. The summed E-state index contributed by atoms with van der Waals surface area (Å²) < 4.78 is 5.63. The van der Waals surface area contributed by atoms with Crippen molar-refractivity contribution in [3.05, 3.63) is 0 Å². The summed E-state index contributed by atoms with van der Waals surface area (Å²) in [5.41, 5.74) is 0. The van der Waals surface area contributed by atoms with Gasteiger partial charge in [-0.2, -0.15) is 0 Å². The quantitative estimate of drug-likeness (QED) is 0.755. The molecule has 1 heterocycles. The standard InChI is InChI=1S/C13H24N2O2/c16-13(15-9-11-6-7-14-8-11)10-17-12-4-2-1-3-5-12/h11-12,14H,1-10H2,(H,15,16)/t11-/m1/s1. The number of amides is 1. The van der Waals surface area contributed by atoms with Crippen molar-refractivity contribution in [1.82, 2.24) is 10.6 Å². The third-order valence-corrected chi connectivity index (χ3v) is 3.75. The molecule has 0 aromatic rings. The van der Waals surface area contributed by atoms with E-state index in [1.54, 1.807) is 0 Å². The Hall–Kier alpha value is -0.610. The number of carbonyl (C=O) groups is 1. The highest BCUT2D eigenvalue weighted by molar-refractivity contribution is 5.77. The van der Waals surface area contributed by atoms with Crippen LogP contribution in [0.15, 0.2) is 0 Å². The molecule has 0 unspecified atom stereocenters. The van der Waals surface area contributed by atoms with Crippen LogP contribution in [0.2, 0.25) is 0 Å². The van der Waals surface area contributed by atoms with Crippen molar-refractivity contribution < 1.29 is 9.53 Å². The Morgan fingerprint density at radius 3 is 2.76 bits per heavy atom. The lowest BCUT2D eigenvalue weighted by Gasteiger charge is -2.21. The molecule has 17 heavy (non-hydrogen) atoms. The Kier molecular flexibility index (Phi) is 5.26. The summed E-state index contributed by atoms with van der Waals surface area (Å²) in [6, 6.07) is 0. The normalized spacial score (nSPS) is 26.0. The summed E-state index contributed by atoms with van der Waals surface area (Å²) in [6.07, 6.45) is 7.56. The monoisotopic (exact) mass is 240 g/mol. The van der Waals surface area contributed by atoms with Crippen LogP contribution in [0.4, 0.5) is 0 Å². The van der Waals surface area contributed by atoms with Crippen molar-refractivity contribution in [2.24, 2.45) is 5.92 Å². The Bertz CT molecular complexity index is 234. The van der Waals surface area contributed by atoms with E-state index in [0.717, 1.165) is 32.5 Å². The maximum absolute atomic E-state index is 11.6. The van der Waals surface area contributed by atoms with E-state index in [1.807, 2.05) is 0 Å². The third-order valence-electron chi connectivity index (χ3n) is 3.75. The third kappa shape index (κ3) is 4.64. The molecule has 4 nitrogen and oxygen atoms in total. The smallest absolute Gasteiger partial charge is 0.246 e. The van der Waals surface area contributed by atoms with E-state index in [-0.39, 0.29) is 12.5 Å². The second kappa shape index (κ2) is 6.97. The summed E-state index contributed by atoms with van der Waals surface area (Å²) in [5.74, 6) is 0.649. The van der Waals surface area contributed by atoms with Gasteiger partial charge in [-0.3, -0.25) is 4.79 Å². The Balaban J connectivity index is 1.53. The predicted octanol–water partition coefficient (Wildman–Crippen LogP) is 1.06. The Labute approximate surface area is 103 Å². The lowest BCUT2D eigenvalue weighted by atomic mass is 9.98. The maximum atomic E-state index is 11.6. The fourth-order valence-corrected chi connectivity index (χ4v) is 2.62. The van der Waals surface area contributed by atoms with Crippen molar-refractivity contribution in [3.8, 4) is 0 Å². The molecule has 2 rings (SSSR count). The number of ether oxygens (including phenoxy) is 1. The van der Waals surface area contributed by atoms with Gasteiger partial charge in [-0.05, 0) is 38.3 Å². The summed E-state index contributed by atoms with van der Waals surface area (Å²) >= 11 is 0. The van der Waals surface area contributed by atoms with Crippen LogP contribution in [0.5, 0.6) is 0 Å². The second-order valence-electron chi connectivity index (χ2n) is 5.23. The number of hydrogen-bond acceptors (Lipinski definition) is 3. The largest absolute Gasteiger partial charge is 0.368 e. The number of rotatable bonds is 5. The van der Waals surface area contributed by atoms with Gasteiger partial charge in [-0.25, -0.2) is 0 Å². The van der Waals surface area contributed by atoms with Crippen molar-refractivity contribution >= 4 is 5.91 Å². The van der Waals surface area contributed by atoms with Gasteiger partial charge in [-0.1, -0.05) is 19.3 Å². The molecule has 1 saturated heterocycles. The van der Waals surface area contributed by atoms with Gasteiger partial charge in [0.05, 0.1) is 6.10 Å². The molecule has 1 saturated carbocycles. The zero-order chi connectivity index (χ0) is 11.9. The zero-order valence-corrected chi connectivity index (χ0v) is 10.5. The van der Waals surface area contributed by atoms with E-state index >= 15 is 0 Å². The van der Waals surface area contributed by atoms with Crippen molar-refractivity contribution in [2.45, 2.75) is 44.6 Å². The lowest BCUT2D eigenvalue weighted by molar-refractivity contribution is -0.128. The van der Waals surface area contributed by atoms with E-state index < -0.39 is 0 Å². The van der Waals surface area contributed by atoms with Crippen LogP contribution in [0.1, 0.15) is 38.5 Å². The van der Waals surface area contributed by atoms with Crippen molar-refractivity contribution in [1.29, 1.82) is 0 Å². The van der Waals surface area contributed by atoms with Crippen molar-refractivity contribution in [2.75, 3.05) is 26.2 Å². The highest BCUT2D eigenvalue weighted by atomic mass is 16.5. The molecule has 0 spiro atoms. The van der Waals surface area contributed by atoms with E-state index in [2.05, 4.69) is 10.6 Å². The summed E-state index contributed by atoms with van der Waals surface area (Å²) in [4.78, 5) is 11.6. The van der Waals surface area contributed by atoms with Crippen LogP contribution in [0.25, 0.3) is 0 Å². The van der Waals surface area contributed by atoms with Gasteiger partial charge < -0.3 is 15.4 Å². The van der Waals surface area contributed by atoms with Gasteiger partial charge in [0.2, 0.25) is 5.91 Å². The molecule has 0 bridgehead atoms.